The smallest absolute Gasteiger partial charge is 0.407 e. The van der Waals surface area contributed by atoms with Gasteiger partial charge in [-0.1, -0.05) is 48.5 Å². The van der Waals surface area contributed by atoms with E-state index < -0.39 is 25.6 Å². The molecule has 10 heteroatoms. The van der Waals surface area contributed by atoms with Gasteiger partial charge in [0.15, 0.2) is 0 Å². The predicted octanol–water partition coefficient (Wildman–Crippen LogP) is 3.96. The van der Waals surface area contributed by atoms with Crippen LogP contribution in [0.5, 0.6) is 0 Å². The van der Waals surface area contributed by atoms with Gasteiger partial charge >= 0.3 is 12.1 Å². The quantitative estimate of drug-likeness (QED) is 0.285. The number of para-hydroxylation sites is 1. The number of aromatic amines is 1. The van der Waals surface area contributed by atoms with Crippen molar-refractivity contribution in [3.8, 4) is 0 Å². The fraction of sp³-hybridized carbons (Fsp3) is 0.304. The molecule has 3 aromatic rings. The van der Waals surface area contributed by atoms with Crippen molar-refractivity contribution in [1.82, 2.24) is 15.4 Å². The van der Waals surface area contributed by atoms with Gasteiger partial charge < -0.3 is 24.3 Å². The number of H-pyrrole nitrogens is 1. The van der Waals surface area contributed by atoms with Gasteiger partial charge in [-0.05, 0) is 24.1 Å². The minimum atomic E-state index is -3.64. The zero-order valence-electron chi connectivity index (χ0n) is 18.6. The standard InChI is InChI=1S/C23H28N3O6P/c1-3-32-33(29,16-25-23(28)31-15-17-9-5-4-6-10-17)26-21(22(27)30-2)13-18-14-24-20-12-8-7-11-19(18)20/h4-12,14,21,24H,3,13,15-16H2,1-2H3,(H,25,28)(H,26,29)/t21-,33?/m1/s1. The van der Waals surface area contributed by atoms with E-state index in [1.165, 1.54) is 7.11 Å². The number of esters is 1. The molecule has 2 atom stereocenters. The first kappa shape index (κ1) is 24.5. The minimum Gasteiger partial charge on any atom is -0.468 e. The van der Waals surface area contributed by atoms with Crippen LogP contribution in [0.4, 0.5) is 4.79 Å². The lowest BCUT2D eigenvalue weighted by atomic mass is 10.1. The maximum atomic E-state index is 13.4. The highest BCUT2D eigenvalue weighted by atomic mass is 31.2. The van der Waals surface area contributed by atoms with Gasteiger partial charge in [-0.3, -0.25) is 9.36 Å². The van der Waals surface area contributed by atoms with Gasteiger partial charge in [0, 0.05) is 23.5 Å². The zero-order chi connectivity index (χ0) is 23.7. The Morgan fingerprint density at radius 2 is 1.82 bits per heavy atom. The summed E-state index contributed by atoms with van der Waals surface area (Å²) in [5.74, 6) is -0.591. The second kappa shape index (κ2) is 11.7. The van der Waals surface area contributed by atoms with Crippen LogP contribution in [-0.2, 0) is 36.4 Å². The number of carbonyl (C=O) groups excluding carboxylic acids is 2. The molecule has 0 aliphatic rings. The molecule has 0 fully saturated rings. The number of fused-ring (bicyclic) bond motifs is 1. The van der Waals surface area contributed by atoms with Gasteiger partial charge in [0.05, 0.1) is 13.7 Å². The zero-order valence-corrected chi connectivity index (χ0v) is 19.5. The van der Waals surface area contributed by atoms with Crippen LogP contribution in [-0.4, -0.2) is 43.1 Å². The summed E-state index contributed by atoms with van der Waals surface area (Å²) in [6.07, 6.45) is 0.918. The number of carbonyl (C=O) groups is 2. The number of hydrogen-bond donors (Lipinski definition) is 3. The molecule has 0 bridgehead atoms. The van der Waals surface area contributed by atoms with E-state index in [0.29, 0.717) is 0 Å². The van der Waals surface area contributed by atoms with E-state index in [1.807, 2.05) is 54.6 Å². The largest absolute Gasteiger partial charge is 0.468 e. The molecule has 1 aromatic heterocycles. The molecule has 176 valence electrons. The fourth-order valence-electron chi connectivity index (χ4n) is 3.36. The van der Waals surface area contributed by atoms with Gasteiger partial charge in [-0.2, -0.15) is 0 Å². The molecule has 3 N–H and O–H groups in total. The number of alkyl carbamates (subject to hydrolysis) is 1. The van der Waals surface area contributed by atoms with Crippen LogP contribution in [0.25, 0.3) is 10.9 Å². The topological polar surface area (TPSA) is 119 Å². The number of ether oxygens (including phenoxy) is 2. The van der Waals surface area contributed by atoms with Crippen LogP contribution in [0.2, 0.25) is 0 Å². The van der Waals surface area contributed by atoms with E-state index in [0.717, 1.165) is 22.0 Å². The van der Waals surface area contributed by atoms with Gasteiger partial charge in [0.25, 0.3) is 7.52 Å². The fourth-order valence-corrected chi connectivity index (χ4v) is 5.04. The maximum absolute atomic E-state index is 13.4. The molecule has 2 aromatic carbocycles. The average molecular weight is 473 g/mol. The van der Waals surface area contributed by atoms with Crippen molar-refractivity contribution in [3.05, 3.63) is 71.9 Å². The van der Waals surface area contributed by atoms with Crippen LogP contribution in [0.3, 0.4) is 0 Å². The highest BCUT2D eigenvalue weighted by Gasteiger charge is 2.32. The third-order valence-corrected chi connectivity index (χ3v) is 6.87. The molecule has 0 aliphatic carbocycles. The van der Waals surface area contributed by atoms with Gasteiger partial charge in [-0.25, -0.2) is 9.88 Å². The van der Waals surface area contributed by atoms with Crippen molar-refractivity contribution in [2.24, 2.45) is 0 Å². The average Bonchev–Trinajstić information content (AvgIpc) is 3.24. The minimum absolute atomic E-state index is 0.0738. The summed E-state index contributed by atoms with van der Waals surface area (Å²) in [5, 5.41) is 6.19. The first-order valence-corrected chi connectivity index (χ1v) is 12.3. The highest BCUT2D eigenvalue weighted by molar-refractivity contribution is 7.56. The Kier molecular flexibility index (Phi) is 8.65. The van der Waals surface area contributed by atoms with E-state index in [9.17, 15) is 14.2 Å². The predicted molar refractivity (Wildman–Crippen MR) is 125 cm³/mol. The third kappa shape index (κ3) is 6.92. The second-order valence-electron chi connectivity index (χ2n) is 7.26. The summed E-state index contributed by atoms with van der Waals surface area (Å²) in [5.41, 5.74) is 2.60. The van der Waals surface area contributed by atoms with Gasteiger partial charge in [-0.15, -0.1) is 0 Å². The Hall–Kier alpha value is -3.13. The Bertz CT molecular complexity index is 1120. The highest BCUT2D eigenvalue weighted by Crippen LogP contribution is 2.42. The number of hydrogen-bond acceptors (Lipinski definition) is 6. The molecule has 0 saturated carbocycles. The SMILES string of the molecule is CCOP(=O)(CNC(=O)OCc1ccccc1)N[C@H](Cc1c[nH]c2ccccc12)C(=O)OC. The molecule has 1 amide bonds. The molecule has 1 heterocycles. The molecular formula is C23H28N3O6P. The monoisotopic (exact) mass is 473 g/mol. The van der Waals surface area contributed by atoms with Crippen LogP contribution in [0, 0.1) is 0 Å². The number of benzene rings is 2. The van der Waals surface area contributed by atoms with Gasteiger partial charge in [0.2, 0.25) is 0 Å². The Labute approximate surface area is 192 Å². The summed E-state index contributed by atoms with van der Waals surface area (Å²) in [6, 6.07) is 15.9. The third-order valence-electron chi connectivity index (χ3n) is 4.92. The number of methoxy groups -OCH3 is 1. The summed E-state index contributed by atoms with van der Waals surface area (Å²) in [4.78, 5) is 27.7. The normalized spacial score (nSPS) is 13.8. The number of amides is 1. The summed E-state index contributed by atoms with van der Waals surface area (Å²) in [6.45, 7) is 1.87. The molecule has 0 saturated heterocycles. The molecule has 0 radical (unpaired) electrons. The number of rotatable bonds is 11. The first-order chi connectivity index (χ1) is 15.9. The summed E-state index contributed by atoms with van der Waals surface area (Å²) in [7, 11) is -2.38. The van der Waals surface area contributed by atoms with Crippen molar-refractivity contribution >= 4 is 30.5 Å². The maximum Gasteiger partial charge on any atom is 0.407 e. The Morgan fingerprint density at radius 1 is 1.09 bits per heavy atom. The summed E-state index contributed by atoms with van der Waals surface area (Å²) < 4.78 is 28.9. The molecule has 0 spiro atoms. The van der Waals surface area contributed by atoms with E-state index in [4.69, 9.17) is 14.0 Å². The number of aromatic nitrogens is 1. The molecule has 33 heavy (non-hydrogen) atoms. The first-order valence-electron chi connectivity index (χ1n) is 10.5. The van der Waals surface area contributed by atoms with Crippen molar-refractivity contribution in [2.45, 2.75) is 26.0 Å². The Morgan fingerprint density at radius 3 is 2.55 bits per heavy atom. The van der Waals surface area contributed by atoms with Crippen LogP contribution >= 0.6 is 7.52 Å². The molecule has 9 nitrogen and oxygen atoms in total. The van der Waals surface area contributed by atoms with Crippen molar-refractivity contribution < 1.29 is 28.2 Å². The van der Waals surface area contributed by atoms with Crippen LogP contribution in [0.1, 0.15) is 18.1 Å². The van der Waals surface area contributed by atoms with E-state index in [1.54, 1.807) is 13.1 Å². The lowest BCUT2D eigenvalue weighted by Gasteiger charge is -2.24. The van der Waals surface area contributed by atoms with Crippen molar-refractivity contribution in [3.63, 3.8) is 0 Å². The van der Waals surface area contributed by atoms with E-state index in [2.05, 4.69) is 15.4 Å². The Balaban J connectivity index is 1.66. The van der Waals surface area contributed by atoms with Crippen molar-refractivity contribution in [2.75, 3.05) is 20.0 Å². The second-order valence-corrected chi connectivity index (χ2v) is 9.44. The molecule has 3 rings (SSSR count). The lowest BCUT2D eigenvalue weighted by Crippen LogP contribution is -2.40. The van der Waals surface area contributed by atoms with Crippen molar-refractivity contribution in [1.29, 1.82) is 0 Å². The van der Waals surface area contributed by atoms with Crippen LogP contribution in [0.15, 0.2) is 60.8 Å². The lowest BCUT2D eigenvalue weighted by molar-refractivity contribution is -0.142. The van der Waals surface area contributed by atoms with E-state index in [-0.39, 0.29) is 25.9 Å². The van der Waals surface area contributed by atoms with Gasteiger partial charge in [0.1, 0.15) is 18.9 Å². The number of nitrogens with one attached hydrogen (secondary N) is 3. The summed E-state index contributed by atoms with van der Waals surface area (Å²) >= 11 is 0. The molecule has 0 aliphatic heterocycles. The van der Waals surface area contributed by atoms with E-state index >= 15 is 0 Å². The van der Waals surface area contributed by atoms with Crippen LogP contribution < -0.4 is 10.4 Å². The molecule has 1 unspecified atom stereocenters. The molecular weight excluding hydrogens is 445 g/mol.